The zero-order chi connectivity index (χ0) is 20.7. The molecule has 0 atom stereocenters. The fraction of sp³-hybridized carbons (Fsp3) is 0.235. The third kappa shape index (κ3) is 5.16. The minimum Gasteiger partial charge on any atom is -0.490 e. The third-order valence-corrected chi connectivity index (χ3v) is 4.00. The van der Waals surface area contributed by atoms with Crippen LogP contribution in [-0.4, -0.2) is 29.3 Å². The number of rotatable bonds is 9. The highest BCUT2D eigenvalue weighted by Gasteiger charge is 2.19. The monoisotopic (exact) mass is 452 g/mol. The molecule has 11 heteroatoms. The van der Waals surface area contributed by atoms with Gasteiger partial charge in [0.15, 0.2) is 11.5 Å². The summed E-state index contributed by atoms with van der Waals surface area (Å²) in [5.41, 5.74) is 2.39. The second kappa shape index (κ2) is 9.65. The van der Waals surface area contributed by atoms with E-state index in [0.717, 1.165) is 12.1 Å². The summed E-state index contributed by atoms with van der Waals surface area (Å²) in [7, 11) is 0. The minimum atomic E-state index is -0.717. The van der Waals surface area contributed by atoms with E-state index in [1.54, 1.807) is 12.1 Å². The van der Waals surface area contributed by atoms with Gasteiger partial charge in [-0.05, 0) is 53.5 Å². The van der Waals surface area contributed by atoms with Gasteiger partial charge >= 0.3 is 5.69 Å². The first-order chi connectivity index (χ1) is 13.4. The average Bonchev–Trinajstić information content (AvgIpc) is 2.64. The summed E-state index contributed by atoms with van der Waals surface area (Å²) in [5.74, 6) is 1.10. The summed E-state index contributed by atoms with van der Waals surface area (Å²) in [6.07, 6.45) is 1.44. The van der Waals surface area contributed by atoms with Gasteiger partial charge in [0.1, 0.15) is 5.69 Å². The smallest absolute Gasteiger partial charge is 0.301 e. The van der Waals surface area contributed by atoms with Gasteiger partial charge in [-0.1, -0.05) is 0 Å². The van der Waals surface area contributed by atoms with Gasteiger partial charge in [0, 0.05) is 6.07 Å². The van der Waals surface area contributed by atoms with Crippen molar-refractivity contribution in [1.82, 2.24) is 0 Å². The van der Waals surface area contributed by atoms with Gasteiger partial charge in [0.2, 0.25) is 0 Å². The van der Waals surface area contributed by atoms with Crippen LogP contribution in [0, 0.1) is 20.2 Å². The second-order valence-corrected chi connectivity index (χ2v) is 6.14. The molecule has 0 fully saturated rings. The number of non-ortho nitro benzene ring substituents is 1. The lowest BCUT2D eigenvalue weighted by Gasteiger charge is -2.13. The van der Waals surface area contributed by atoms with Crippen LogP contribution in [0.2, 0.25) is 0 Å². The summed E-state index contributed by atoms with van der Waals surface area (Å²) in [5, 5.41) is 25.9. The molecule has 0 aliphatic heterocycles. The van der Waals surface area contributed by atoms with Crippen LogP contribution >= 0.6 is 15.9 Å². The van der Waals surface area contributed by atoms with Crippen LogP contribution in [0.4, 0.5) is 17.1 Å². The van der Waals surface area contributed by atoms with Crippen LogP contribution in [0.15, 0.2) is 39.9 Å². The standard InChI is InChI=1S/C17H17BrN4O6/c1-3-27-16-8-11(7-13(18)17(16)28-4-2)10-19-20-14-6-5-12(21(23)24)9-15(14)22(25)26/h5-10,20H,3-4H2,1-2H3/b19-10-. The Morgan fingerprint density at radius 1 is 1.11 bits per heavy atom. The molecule has 0 aliphatic rings. The zero-order valence-corrected chi connectivity index (χ0v) is 16.6. The van der Waals surface area contributed by atoms with Crippen molar-refractivity contribution < 1.29 is 19.3 Å². The number of halogens is 1. The minimum absolute atomic E-state index is 0.0295. The molecular formula is C17H17BrN4O6. The molecular weight excluding hydrogens is 436 g/mol. The number of benzene rings is 2. The van der Waals surface area contributed by atoms with Crippen molar-refractivity contribution in [2.45, 2.75) is 13.8 Å². The molecule has 0 spiro atoms. The predicted octanol–water partition coefficient (Wildman–Crippen LogP) is 4.51. The molecule has 0 amide bonds. The fourth-order valence-corrected chi connectivity index (χ4v) is 2.84. The number of nitrogens with one attached hydrogen (secondary N) is 1. The van der Waals surface area contributed by atoms with Crippen LogP contribution < -0.4 is 14.9 Å². The molecule has 0 heterocycles. The quantitative estimate of drug-likeness (QED) is 0.336. The molecule has 1 N–H and O–H groups in total. The first kappa shape index (κ1) is 21.1. The molecule has 0 aliphatic carbocycles. The van der Waals surface area contributed by atoms with E-state index in [-0.39, 0.29) is 11.4 Å². The number of ether oxygens (including phenoxy) is 2. The molecule has 2 rings (SSSR count). The van der Waals surface area contributed by atoms with E-state index in [4.69, 9.17) is 9.47 Å². The first-order valence-corrected chi connectivity index (χ1v) is 8.97. The number of hydrogen-bond acceptors (Lipinski definition) is 8. The highest BCUT2D eigenvalue weighted by molar-refractivity contribution is 9.10. The van der Waals surface area contributed by atoms with E-state index in [9.17, 15) is 20.2 Å². The van der Waals surface area contributed by atoms with Gasteiger partial charge in [0.05, 0.1) is 39.8 Å². The van der Waals surface area contributed by atoms with Gasteiger partial charge in [-0.15, -0.1) is 0 Å². The van der Waals surface area contributed by atoms with E-state index >= 15 is 0 Å². The van der Waals surface area contributed by atoms with Crippen LogP contribution in [0.1, 0.15) is 19.4 Å². The number of nitro benzene ring substituents is 2. The Labute approximate surface area is 168 Å². The molecule has 0 bridgehead atoms. The summed E-state index contributed by atoms with van der Waals surface area (Å²) in [4.78, 5) is 20.5. The number of nitrogens with zero attached hydrogens (tertiary/aromatic N) is 3. The van der Waals surface area contributed by atoms with Gasteiger partial charge in [0.25, 0.3) is 5.69 Å². The lowest BCUT2D eigenvalue weighted by molar-refractivity contribution is -0.393. The van der Waals surface area contributed by atoms with Gasteiger partial charge in [-0.2, -0.15) is 5.10 Å². The van der Waals surface area contributed by atoms with Gasteiger partial charge < -0.3 is 9.47 Å². The normalized spacial score (nSPS) is 10.7. The van der Waals surface area contributed by atoms with Crippen LogP contribution in [0.3, 0.4) is 0 Å². The Morgan fingerprint density at radius 2 is 1.82 bits per heavy atom. The van der Waals surface area contributed by atoms with E-state index in [1.165, 1.54) is 12.3 Å². The molecule has 2 aromatic carbocycles. The highest BCUT2D eigenvalue weighted by atomic mass is 79.9. The molecule has 0 unspecified atom stereocenters. The predicted molar refractivity (Wildman–Crippen MR) is 107 cm³/mol. The summed E-state index contributed by atoms with van der Waals surface area (Å²) in [6, 6.07) is 6.73. The molecule has 148 valence electrons. The SMILES string of the molecule is CCOc1cc(/C=N\Nc2ccc([N+](=O)[O-])cc2[N+](=O)[O-])cc(Br)c1OCC. The number of hydrazone groups is 1. The zero-order valence-electron chi connectivity index (χ0n) is 15.0. The van der Waals surface area contributed by atoms with Crippen molar-refractivity contribution in [3.8, 4) is 11.5 Å². The number of hydrogen-bond donors (Lipinski definition) is 1. The van der Waals surface area contributed by atoms with Crippen LogP contribution in [0.5, 0.6) is 11.5 Å². The first-order valence-electron chi connectivity index (χ1n) is 8.18. The molecule has 0 radical (unpaired) electrons. The van der Waals surface area contributed by atoms with Crippen molar-refractivity contribution in [1.29, 1.82) is 0 Å². The summed E-state index contributed by atoms with van der Waals surface area (Å²) in [6.45, 7) is 4.62. The fourth-order valence-electron chi connectivity index (χ4n) is 2.27. The van der Waals surface area contributed by atoms with Crippen LogP contribution in [0.25, 0.3) is 0 Å². The lowest BCUT2D eigenvalue weighted by Crippen LogP contribution is -2.01. The van der Waals surface area contributed by atoms with Crippen molar-refractivity contribution >= 4 is 39.2 Å². The molecule has 0 saturated carbocycles. The van der Waals surface area contributed by atoms with E-state index < -0.39 is 15.5 Å². The Kier molecular flexibility index (Phi) is 7.27. The van der Waals surface area contributed by atoms with Crippen molar-refractivity contribution in [2.75, 3.05) is 18.6 Å². The highest BCUT2D eigenvalue weighted by Crippen LogP contribution is 2.36. The lowest BCUT2D eigenvalue weighted by atomic mass is 10.2. The molecule has 0 saturated heterocycles. The van der Waals surface area contributed by atoms with E-state index in [2.05, 4.69) is 26.5 Å². The number of nitro groups is 2. The van der Waals surface area contributed by atoms with Crippen LogP contribution in [-0.2, 0) is 0 Å². The van der Waals surface area contributed by atoms with E-state index in [0.29, 0.717) is 34.7 Å². The summed E-state index contributed by atoms with van der Waals surface area (Å²) < 4.78 is 11.8. The van der Waals surface area contributed by atoms with Gasteiger partial charge in [-0.3, -0.25) is 25.7 Å². The summed E-state index contributed by atoms with van der Waals surface area (Å²) >= 11 is 3.42. The third-order valence-electron chi connectivity index (χ3n) is 3.41. The van der Waals surface area contributed by atoms with Crippen molar-refractivity contribution in [2.24, 2.45) is 5.10 Å². The maximum absolute atomic E-state index is 11.1. The van der Waals surface area contributed by atoms with E-state index in [1.807, 2.05) is 13.8 Å². The number of anilines is 1. The maximum Gasteiger partial charge on any atom is 0.301 e. The topological polar surface area (TPSA) is 129 Å². The Bertz CT molecular complexity index is 919. The largest absolute Gasteiger partial charge is 0.490 e. The van der Waals surface area contributed by atoms with Gasteiger partial charge in [-0.25, -0.2) is 0 Å². The Balaban J connectivity index is 2.27. The molecule has 2 aromatic rings. The Morgan fingerprint density at radius 3 is 2.43 bits per heavy atom. The Hall–Kier alpha value is -3.21. The average molecular weight is 453 g/mol. The molecule has 10 nitrogen and oxygen atoms in total. The maximum atomic E-state index is 11.1. The van der Waals surface area contributed by atoms with Crippen molar-refractivity contribution in [3.05, 3.63) is 60.6 Å². The molecule has 0 aromatic heterocycles. The second-order valence-electron chi connectivity index (χ2n) is 5.28. The van der Waals surface area contributed by atoms with Crippen molar-refractivity contribution in [3.63, 3.8) is 0 Å². The molecule has 28 heavy (non-hydrogen) atoms.